The van der Waals surface area contributed by atoms with Crippen LogP contribution in [0, 0.1) is 6.92 Å². The van der Waals surface area contributed by atoms with Crippen molar-refractivity contribution >= 4 is 41.6 Å². The van der Waals surface area contributed by atoms with Crippen molar-refractivity contribution in [2.24, 2.45) is 10.7 Å². The highest BCUT2D eigenvalue weighted by Crippen LogP contribution is 2.27. The van der Waals surface area contributed by atoms with Gasteiger partial charge in [0.05, 0.1) is 7.11 Å². The predicted molar refractivity (Wildman–Crippen MR) is 112 cm³/mol. The lowest BCUT2D eigenvalue weighted by molar-refractivity contribution is 0.0599. The number of rotatable bonds is 4. The molecule has 0 saturated heterocycles. The van der Waals surface area contributed by atoms with E-state index in [9.17, 15) is 4.79 Å². The predicted octanol–water partition coefficient (Wildman–Crippen LogP) is 3.80. The minimum Gasteiger partial charge on any atom is -0.465 e. The average molecular weight is 469 g/mol. The standard InChI is InChI=1S/C19H23N3O3.HI/c1-12-16(18(23)24-2)10-14(25-12)11-21-19(20)22-17-9-5-7-13-6-3-4-8-15(13)17;/h5,7,9-10H,3-4,6,8,11H2,1-2H3,(H3,20,21,22);1H. The van der Waals surface area contributed by atoms with Crippen molar-refractivity contribution in [1.82, 2.24) is 0 Å². The van der Waals surface area contributed by atoms with E-state index < -0.39 is 5.97 Å². The molecule has 3 rings (SSSR count). The van der Waals surface area contributed by atoms with Crippen LogP contribution in [0.15, 0.2) is 33.7 Å². The van der Waals surface area contributed by atoms with Gasteiger partial charge in [-0.25, -0.2) is 9.79 Å². The van der Waals surface area contributed by atoms with Crippen LogP contribution in [-0.4, -0.2) is 19.0 Å². The first-order valence-electron chi connectivity index (χ1n) is 8.44. The lowest BCUT2D eigenvalue weighted by atomic mass is 9.90. The number of aryl methyl sites for hydroxylation is 2. The van der Waals surface area contributed by atoms with Crippen LogP contribution in [0.25, 0.3) is 0 Å². The Kier molecular flexibility index (Phi) is 7.07. The fourth-order valence-corrected chi connectivity index (χ4v) is 3.17. The first kappa shape index (κ1) is 20.3. The summed E-state index contributed by atoms with van der Waals surface area (Å²) in [4.78, 5) is 15.9. The fourth-order valence-electron chi connectivity index (χ4n) is 3.17. The van der Waals surface area contributed by atoms with Gasteiger partial charge in [-0.15, -0.1) is 24.0 Å². The fraction of sp³-hybridized carbons (Fsp3) is 0.368. The van der Waals surface area contributed by atoms with E-state index in [-0.39, 0.29) is 30.5 Å². The van der Waals surface area contributed by atoms with E-state index in [0.29, 0.717) is 23.0 Å². The number of fused-ring (bicyclic) bond motifs is 1. The minimum atomic E-state index is -0.418. The summed E-state index contributed by atoms with van der Waals surface area (Å²) in [6, 6.07) is 7.88. The number of furan rings is 1. The second-order valence-electron chi connectivity index (χ2n) is 6.15. The van der Waals surface area contributed by atoms with E-state index in [1.165, 1.54) is 31.1 Å². The van der Waals surface area contributed by atoms with Crippen LogP contribution < -0.4 is 11.1 Å². The van der Waals surface area contributed by atoms with E-state index in [1.807, 2.05) is 12.1 Å². The molecular formula is C19H24IN3O3. The molecule has 140 valence electrons. The summed E-state index contributed by atoms with van der Waals surface area (Å²) in [5.74, 6) is 0.990. The van der Waals surface area contributed by atoms with Crippen LogP contribution in [-0.2, 0) is 24.1 Å². The van der Waals surface area contributed by atoms with Crippen molar-refractivity contribution in [2.45, 2.75) is 39.2 Å². The van der Waals surface area contributed by atoms with Gasteiger partial charge >= 0.3 is 5.97 Å². The average Bonchev–Trinajstić information content (AvgIpc) is 3.00. The summed E-state index contributed by atoms with van der Waals surface area (Å²) in [5, 5.41) is 3.19. The van der Waals surface area contributed by atoms with Gasteiger partial charge in [-0.05, 0) is 55.9 Å². The molecule has 1 aliphatic carbocycles. The molecule has 7 heteroatoms. The van der Waals surface area contributed by atoms with Crippen LogP contribution in [0.1, 0.15) is 45.8 Å². The monoisotopic (exact) mass is 469 g/mol. The second kappa shape index (κ2) is 9.07. The molecule has 0 fully saturated rings. The maximum absolute atomic E-state index is 11.6. The Bertz CT molecular complexity index is 814. The number of methoxy groups -OCH3 is 1. The number of guanidine groups is 1. The van der Waals surface area contributed by atoms with Gasteiger partial charge in [0.15, 0.2) is 5.96 Å². The molecule has 1 aromatic heterocycles. The van der Waals surface area contributed by atoms with E-state index in [4.69, 9.17) is 14.9 Å². The first-order chi connectivity index (χ1) is 12.1. The molecule has 6 nitrogen and oxygen atoms in total. The molecule has 0 unspecified atom stereocenters. The third-order valence-electron chi connectivity index (χ3n) is 4.44. The zero-order valence-electron chi connectivity index (χ0n) is 15.0. The highest BCUT2D eigenvalue weighted by Gasteiger charge is 2.15. The molecular weight excluding hydrogens is 445 g/mol. The van der Waals surface area contributed by atoms with Crippen LogP contribution in [0.3, 0.4) is 0 Å². The molecule has 1 aromatic carbocycles. The van der Waals surface area contributed by atoms with Gasteiger partial charge in [0.25, 0.3) is 0 Å². The normalized spacial score (nSPS) is 13.5. The molecule has 1 heterocycles. The number of anilines is 1. The number of halogens is 1. The molecule has 0 saturated carbocycles. The number of ether oxygens (including phenoxy) is 1. The van der Waals surface area contributed by atoms with Crippen LogP contribution in [0.2, 0.25) is 0 Å². The zero-order chi connectivity index (χ0) is 17.8. The first-order valence-corrected chi connectivity index (χ1v) is 8.44. The number of nitrogens with zero attached hydrogens (tertiary/aromatic N) is 1. The number of carbonyl (C=O) groups excluding carboxylic acids is 1. The minimum absolute atomic E-state index is 0. The summed E-state index contributed by atoms with van der Waals surface area (Å²) < 4.78 is 10.3. The van der Waals surface area contributed by atoms with Crippen molar-refractivity contribution in [3.8, 4) is 0 Å². The largest absolute Gasteiger partial charge is 0.465 e. The molecule has 1 aliphatic rings. The van der Waals surface area contributed by atoms with E-state index in [1.54, 1.807) is 13.0 Å². The smallest absolute Gasteiger partial charge is 0.341 e. The SMILES string of the molecule is COC(=O)c1cc(CN=C(N)Nc2cccc3c2CCCC3)oc1C.I. The Labute approximate surface area is 170 Å². The zero-order valence-corrected chi connectivity index (χ0v) is 17.3. The summed E-state index contributed by atoms with van der Waals surface area (Å²) >= 11 is 0. The quantitative estimate of drug-likeness (QED) is 0.308. The molecule has 0 amide bonds. The Morgan fingerprint density at radius 1 is 1.35 bits per heavy atom. The maximum Gasteiger partial charge on any atom is 0.341 e. The third-order valence-corrected chi connectivity index (χ3v) is 4.44. The van der Waals surface area contributed by atoms with Crippen LogP contribution in [0.4, 0.5) is 5.69 Å². The summed E-state index contributed by atoms with van der Waals surface area (Å²) in [7, 11) is 1.34. The topological polar surface area (TPSA) is 89.8 Å². The molecule has 0 spiro atoms. The highest BCUT2D eigenvalue weighted by atomic mass is 127. The Hall–Kier alpha value is -2.03. The summed E-state index contributed by atoms with van der Waals surface area (Å²) in [6.07, 6.45) is 4.61. The number of carbonyl (C=O) groups is 1. The summed E-state index contributed by atoms with van der Waals surface area (Å²) in [6.45, 7) is 1.98. The summed E-state index contributed by atoms with van der Waals surface area (Å²) in [5.41, 5.74) is 10.2. The van der Waals surface area contributed by atoms with Gasteiger partial charge in [0.2, 0.25) is 0 Å². The molecule has 3 N–H and O–H groups in total. The van der Waals surface area contributed by atoms with E-state index in [0.717, 1.165) is 18.5 Å². The molecule has 0 bridgehead atoms. The number of aliphatic imine (C=N–C) groups is 1. The number of hydrogen-bond donors (Lipinski definition) is 2. The van der Waals surface area contributed by atoms with Gasteiger partial charge < -0.3 is 20.2 Å². The second-order valence-corrected chi connectivity index (χ2v) is 6.15. The van der Waals surface area contributed by atoms with Gasteiger partial charge in [-0.2, -0.15) is 0 Å². The molecule has 26 heavy (non-hydrogen) atoms. The number of nitrogens with one attached hydrogen (secondary N) is 1. The molecule has 2 aromatic rings. The van der Waals surface area contributed by atoms with Crippen LogP contribution >= 0.6 is 24.0 Å². The van der Waals surface area contributed by atoms with Crippen molar-refractivity contribution in [2.75, 3.05) is 12.4 Å². The Morgan fingerprint density at radius 3 is 2.88 bits per heavy atom. The lowest BCUT2D eigenvalue weighted by Crippen LogP contribution is -2.24. The van der Waals surface area contributed by atoms with E-state index >= 15 is 0 Å². The number of benzene rings is 1. The third kappa shape index (κ3) is 4.57. The van der Waals surface area contributed by atoms with Crippen LogP contribution in [0.5, 0.6) is 0 Å². The van der Waals surface area contributed by atoms with Crippen molar-refractivity contribution in [3.05, 3.63) is 52.5 Å². The van der Waals surface area contributed by atoms with Gasteiger partial charge in [-0.1, -0.05) is 12.1 Å². The maximum atomic E-state index is 11.6. The van der Waals surface area contributed by atoms with Gasteiger partial charge in [0, 0.05) is 5.69 Å². The highest BCUT2D eigenvalue weighted by molar-refractivity contribution is 14.0. The van der Waals surface area contributed by atoms with Crippen molar-refractivity contribution < 1.29 is 13.9 Å². The number of hydrogen-bond acceptors (Lipinski definition) is 4. The molecule has 0 radical (unpaired) electrons. The molecule has 0 aliphatic heterocycles. The van der Waals surface area contributed by atoms with Crippen molar-refractivity contribution in [1.29, 1.82) is 0 Å². The molecule has 0 atom stereocenters. The lowest BCUT2D eigenvalue weighted by Gasteiger charge is -2.19. The Morgan fingerprint density at radius 2 is 2.12 bits per heavy atom. The van der Waals surface area contributed by atoms with Gasteiger partial charge in [-0.3, -0.25) is 0 Å². The van der Waals surface area contributed by atoms with Gasteiger partial charge in [0.1, 0.15) is 23.6 Å². The van der Waals surface area contributed by atoms with Crippen molar-refractivity contribution in [3.63, 3.8) is 0 Å². The van der Waals surface area contributed by atoms with E-state index in [2.05, 4.69) is 16.4 Å². The Balaban J connectivity index is 0.00000243. The number of esters is 1. The number of nitrogens with two attached hydrogens (primary N) is 1.